The smallest absolute Gasteiger partial charge is 0.169 e. The maximum atomic E-state index is 13.7. The maximum Gasteiger partial charge on any atom is 0.169 e. The highest BCUT2D eigenvalue weighted by Crippen LogP contribution is 2.30. The van der Waals surface area contributed by atoms with Gasteiger partial charge in [0.1, 0.15) is 11.5 Å². The van der Waals surface area contributed by atoms with Crippen LogP contribution < -0.4 is 5.73 Å². The molecule has 0 radical (unpaired) electrons. The molecular formula is C13H9FN2O. The Kier molecular flexibility index (Phi) is 2.08. The molecule has 0 bridgehead atoms. The largest absolute Gasteiger partial charge is 0.399 e. The van der Waals surface area contributed by atoms with Crippen LogP contribution in [0.15, 0.2) is 47.0 Å². The van der Waals surface area contributed by atoms with Crippen molar-refractivity contribution in [3.05, 3.63) is 48.3 Å². The summed E-state index contributed by atoms with van der Waals surface area (Å²) in [5.41, 5.74) is 7.71. The zero-order chi connectivity index (χ0) is 11.8. The van der Waals surface area contributed by atoms with Gasteiger partial charge in [0.25, 0.3) is 0 Å². The number of benzene rings is 2. The number of rotatable bonds is 1. The molecule has 3 nitrogen and oxygen atoms in total. The first kappa shape index (κ1) is 9.84. The van der Waals surface area contributed by atoms with E-state index in [1.165, 1.54) is 6.07 Å². The first-order valence-electron chi connectivity index (χ1n) is 5.15. The van der Waals surface area contributed by atoms with E-state index in [0.29, 0.717) is 22.5 Å². The molecule has 3 aromatic rings. The summed E-state index contributed by atoms with van der Waals surface area (Å²) in [6.45, 7) is 0. The summed E-state index contributed by atoms with van der Waals surface area (Å²) in [5, 5.41) is 4.65. The van der Waals surface area contributed by atoms with Crippen molar-refractivity contribution < 1.29 is 8.91 Å². The van der Waals surface area contributed by atoms with Crippen LogP contribution in [0.25, 0.3) is 22.2 Å². The van der Waals surface area contributed by atoms with Gasteiger partial charge < -0.3 is 10.3 Å². The van der Waals surface area contributed by atoms with Crippen LogP contribution >= 0.6 is 0 Å². The van der Waals surface area contributed by atoms with Gasteiger partial charge in [-0.05, 0) is 24.3 Å². The molecule has 3 rings (SSSR count). The molecule has 1 aromatic heterocycles. The summed E-state index contributed by atoms with van der Waals surface area (Å²) in [4.78, 5) is 0. The summed E-state index contributed by atoms with van der Waals surface area (Å²) in [6.07, 6.45) is 0. The van der Waals surface area contributed by atoms with Crippen LogP contribution in [0.3, 0.4) is 0 Å². The Balaban J connectivity index is 2.29. The normalized spacial score (nSPS) is 10.9. The van der Waals surface area contributed by atoms with E-state index >= 15 is 0 Å². The van der Waals surface area contributed by atoms with E-state index in [1.54, 1.807) is 36.4 Å². The van der Waals surface area contributed by atoms with E-state index in [4.69, 9.17) is 10.3 Å². The maximum absolute atomic E-state index is 13.7. The second-order valence-corrected chi connectivity index (χ2v) is 3.77. The molecule has 2 N–H and O–H groups in total. The molecule has 0 atom stereocenters. The van der Waals surface area contributed by atoms with Crippen molar-refractivity contribution in [3.8, 4) is 11.3 Å². The minimum atomic E-state index is -0.320. The minimum absolute atomic E-state index is 0.320. The zero-order valence-electron chi connectivity index (χ0n) is 8.85. The third-order valence-electron chi connectivity index (χ3n) is 2.63. The van der Waals surface area contributed by atoms with Gasteiger partial charge >= 0.3 is 0 Å². The Hall–Kier alpha value is -2.36. The Bertz CT molecular complexity index is 691. The lowest BCUT2D eigenvalue weighted by Gasteiger charge is -1.98. The molecule has 84 valence electrons. The van der Waals surface area contributed by atoms with Crippen molar-refractivity contribution in [2.24, 2.45) is 0 Å². The van der Waals surface area contributed by atoms with E-state index in [0.717, 1.165) is 5.39 Å². The van der Waals surface area contributed by atoms with Gasteiger partial charge in [-0.2, -0.15) is 0 Å². The third-order valence-corrected chi connectivity index (χ3v) is 2.63. The average Bonchev–Trinajstić information content (AvgIpc) is 2.72. The van der Waals surface area contributed by atoms with Crippen molar-refractivity contribution in [1.82, 2.24) is 5.16 Å². The van der Waals surface area contributed by atoms with E-state index in [1.807, 2.05) is 0 Å². The molecule has 0 aliphatic heterocycles. The van der Waals surface area contributed by atoms with Crippen LogP contribution in [0.5, 0.6) is 0 Å². The molecular weight excluding hydrogens is 219 g/mol. The topological polar surface area (TPSA) is 52.0 Å². The molecule has 0 aliphatic rings. The first-order chi connectivity index (χ1) is 8.25. The average molecular weight is 228 g/mol. The number of anilines is 1. The molecule has 4 heteroatoms. The number of fused-ring (bicyclic) bond motifs is 1. The molecule has 0 saturated heterocycles. The number of aromatic nitrogens is 1. The molecule has 0 aliphatic carbocycles. The summed E-state index contributed by atoms with van der Waals surface area (Å²) in [7, 11) is 0. The molecule has 2 aromatic carbocycles. The fourth-order valence-electron chi connectivity index (χ4n) is 1.80. The standard InChI is InChI=1S/C13H9FN2O/c14-11-4-2-1-3-9(11)13-10-6-5-8(15)7-12(10)17-16-13/h1-7H,15H2. The van der Waals surface area contributed by atoms with Gasteiger partial charge in [0, 0.05) is 22.7 Å². The SMILES string of the molecule is Nc1ccc2c(-c3ccccc3F)noc2c1. The van der Waals surface area contributed by atoms with Gasteiger partial charge in [-0.1, -0.05) is 17.3 Å². The third kappa shape index (κ3) is 1.54. The lowest BCUT2D eigenvalue weighted by atomic mass is 10.1. The highest BCUT2D eigenvalue weighted by atomic mass is 19.1. The lowest BCUT2D eigenvalue weighted by molar-refractivity contribution is 0.459. The van der Waals surface area contributed by atoms with Gasteiger partial charge in [-0.25, -0.2) is 4.39 Å². The van der Waals surface area contributed by atoms with Crippen LogP contribution in [0.2, 0.25) is 0 Å². The highest BCUT2D eigenvalue weighted by Gasteiger charge is 2.13. The quantitative estimate of drug-likeness (QED) is 0.650. The van der Waals surface area contributed by atoms with Gasteiger partial charge in [0.2, 0.25) is 0 Å². The second-order valence-electron chi connectivity index (χ2n) is 3.77. The molecule has 0 fully saturated rings. The van der Waals surface area contributed by atoms with Crippen LogP contribution in [0.4, 0.5) is 10.1 Å². The molecule has 0 amide bonds. The Morgan fingerprint density at radius 3 is 2.76 bits per heavy atom. The number of halogens is 1. The fraction of sp³-hybridized carbons (Fsp3) is 0. The van der Waals surface area contributed by atoms with Crippen LogP contribution in [0, 0.1) is 5.82 Å². The van der Waals surface area contributed by atoms with Crippen molar-refractivity contribution in [3.63, 3.8) is 0 Å². The van der Waals surface area contributed by atoms with Crippen molar-refractivity contribution in [2.75, 3.05) is 5.73 Å². The Morgan fingerprint density at radius 2 is 1.94 bits per heavy atom. The van der Waals surface area contributed by atoms with E-state index in [-0.39, 0.29) is 5.82 Å². The van der Waals surface area contributed by atoms with Crippen LogP contribution in [-0.2, 0) is 0 Å². The molecule has 0 spiro atoms. The molecule has 17 heavy (non-hydrogen) atoms. The van der Waals surface area contributed by atoms with Crippen molar-refractivity contribution in [1.29, 1.82) is 0 Å². The van der Waals surface area contributed by atoms with Crippen molar-refractivity contribution in [2.45, 2.75) is 0 Å². The Labute approximate surface area is 96.6 Å². The summed E-state index contributed by atoms with van der Waals surface area (Å²) in [5.74, 6) is -0.320. The number of hydrogen-bond acceptors (Lipinski definition) is 3. The number of hydrogen-bond donors (Lipinski definition) is 1. The minimum Gasteiger partial charge on any atom is -0.399 e. The van der Waals surface area contributed by atoms with Gasteiger partial charge in [-0.3, -0.25) is 0 Å². The zero-order valence-corrected chi connectivity index (χ0v) is 8.85. The van der Waals surface area contributed by atoms with Gasteiger partial charge in [-0.15, -0.1) is 0 Å². The predicted molar refractivity (Wildman–Crippen MR) is 63.8 cm³/mol. The number of nitrogens with zero attached hydrogens (tertiary/aromatic N) is 1. The van der Waals surface area contributed by atoms with E-state index in [9.17, 15) is 4.39 Å². The summed E-state index contributed by atoms with van der Waals surface area (Å²) < 4.78 is 18.8. The monoisotopic (exact) mass is 228 g/mol. The lowest BCUT2D eigenvalue weighted by Crippen LogP contribution is -1.85. The van der Waals surface area contributed by atoms with Gasteiger partial charge in [0.15, 0.2) is 5.58 Å². The molecule has 0 saturated carbocycles. The summed E-state index contributed by atoms with van der Waals surface area (Å²) >= 11 is 0. The van der Waals surface area contributed by atoms with Crippen LogP contribution in [0.1, 0.15) is 0 Å². The van der Waals surface area contributed by atoms with Gasteiger partial charge in [0.05, 0.1) is 0 Å². The van der Waals surface area contributed by atoms with E-state index in [2.05, 4.69) is 5.16 Å². The Morgan fingerprint density at radius 1 is 1.12 bits per heavy atom. The van der Waals surface area contributed by atoms with E-state index < -0.39 is 0 Å². The van der Waals surface area contributed by atoms with Crippen LogP contribution in [-0.4, -0.2) is 5.16 Å². The first-order valence-corrected chi connectivity index (χ1v) is 5.15. The second kappa shape index (κ2) is 3.59. The predicted octanol–water partition coefficient (Wildman–Crippen LogP) is 3.22. The fourth-order valence-corrected chi connectivity index (χ4v) is 1.80. The molecule has 1 heterocycles. The highest BCUT2D eigenvalue weighted by molar-refractivity contribution is 5.93. The molecule has 0 unspecified atom stereocenters. The number of nitrogens with two attached hydrogens (primary N) is 1. The van der Waals surface area contributed by atoms with Crippen molar-refractivity contribution >= 4 is 16.7 Å². The number of nitrogen functional groups attached to an aromatic ring is 1. The summed E-state index contributed by atoms with van der Waals surface area (Å²) in [6, 6.07) is 11.7.